The second kappa shape index (κ2) is 9.32. The van der Waals surface area contributed by atoms with Gasteiger partial charge in [0.05, 0.1) is 11.1 Å². The summed E-state index contributed by atoms with van der Waals surface area (Å²) in [5.74, 6) is -1.59. The van der Waals surface area contributed by atoms with Crippen molar-refractivity contribution in [3.05, 3.63) is 96.1 Å². The number of rotatable bonds is 8. The van der Waals surface area contributed by atoms with Gasteiger partial charge in [0.2, 0.25) is 0 Å². The number of allylic oxidation sites excluding steroid dienone is 2. The second-order valence-electron chi connectivity index (χ2n) is 6.88. The van der Waals surface area contributed by atoms with Crippen molar-refractivity contribution in [3.63, 3.8) is 0 Å². The zero-order valence-electron chi connectivity index (χ0n) is 15.9. The van der Waals surface area contributed by atoms with Gasteiger partial charge in [0, 0.05) is 11.8 Å². The predicted octanol–water partition coefficient (Wildman–Crippen LogP) is 6.68. The van der Waals surface area contributed by atoms with Crippen LogP contribution < -0.4 is 0 Å². The maximum absolute atomic E-state index is 12.9. The Kier molecular flexibility index (Phi) is 7.29. The van der Waals surface area contributed by atoms with Crippen LogP contribution in [0, 0.1) is 11.8 Å². The highest BCUT2D eigenvalue weighted by molar-refractivity contribution is 5.86. The average molecular weight is 426 g/mol. The molecule has 1 nitrogen and oxygen atoms in total. The average Bonchev–Trinajstić information content (AvgIpc) is 2.69. The van der Waals surface area contributed by atoms with E-state index in [0.29, 0.717) is 11.1 Å². The van der Waals surface area contributed by atoms with Crippen molar-refractivity contribution in [2.45, 2.75) is 25.2 Å². The third-order valence-corrected chi connectivity index (χ3v) is 4.77. The van der Waals surface area contributed by atoms with Gasteiger partial charge in [-0.05, 0) is 48.2 Å². The predicted molar refractivity (Wildman–Crippen MR) is 103 cm³/mol. The summed E-state index contributed by atoms with van der Waals surface area (Å²) < 4.78 is 76.1. The molecule has 160 valence electrons. The highest BCUT2D eigenvalue weighted by Crippen LogP contribution is 2.31. The summed E-state index contributed by atoms with van der Waals surface area (Å²) in [5.41, 5.74) is -0.477. The Morgan fingerprint density at radius 3 is 1.23 bits per heavy atom. The van der Waals surface area contributed by atoms with Crippen LogP contribution in [0.3, 0.4) is 0 Å². The summed E-state index contributed by atoms with van der Waals surface area (Å²) in [7, 11) is 0. The lowest BCUT2D eigenvalue weighted by atomic mass is 9.84. The van der Waals surface area contributed by atoms with Crippen LogP contribution in [0.25, 0.3) is 0 Å². The summed E-state index contributed by atoms with van der Waals surface area (Å²) in [4.78, 5) is 12.9. The fourth-order valence-electron chi connectivity index (χ4n) is 3.04. The van der Waals surface area contributed by atoms with Gasteiger partial charge in [-0.15, -0.1) is 13.2 Å². The number of alkyl halides is 6. The summed E-state index contributed by atoms with van der Waals surface area (Å²) in [5, 5.41) is 0. The number of halogens is 6. The van der Waals surface area contributed by atoms with Crippen molar-refractivity contribution in [2.75, 3.05) is 0 Å². The number of hydrogen-bond donors (Lipinski definition) is 0. The van der Waals surface area contributed by atoms with Gasteiger partial charge < -0.3 is 0 Å². The topological polar surface area (TPSA) is 17.1 Å². The van der Waals surface area contributed by atoms with Crippen molar-refractivity contribution in [1.29, 1.82) is 0 Å². The molecule has 0 fully saturated rings. The summed E-state index contributed by atoms with van der Waals surface area (Å²) in [6, 6.07) is 9.05. The Bertz CT molecular complexity index is 802. The Labute approximate surface area is 170 Å². The molecule has 2 aromatic carbocycles. The first-order valence-corrected chi connectivity index (χ1v) is 9.06. The molecule has 0 aliphatic rings. The fraction of sp³-hybridized carbons (Fsp3) is 0.261. The molecule has 0 aliphatic carbocycles. The molecule has 0 aromatic heterocycles. The van der Waals surface area contributed by atoms with Crippen LogP contribution in [0.1, 0.15) is 22.3 Å². The first-order chi connectivity index (χ1) is 14.0. The maximum atomic E-state index is 12.9. The Morgan fingerprint density at radius 2 is 1.00 bits per heavy atom. The van der Waals surface area contributed by atoms with Gasteiger partial charge in [-0.3, -0.25) is 4.79 Å². The minimum atomic E-state index is -4.44. The zero-order valence-corrected chi connectivity index (χ0v) is 15.9. The molecule has 0 bridgehead atoms. The Hall–Kier alpha value is -2.83. The van der Waals surface area contributed by atoms with Crippen LogP contribution in [0.2, 0.25) is 0 Å². The van der Waals surface area contributed by atoms with E-state index in [1.54, 1.807) is 0 Å². The Balaban J connectivity index is 2.10. The van der Waals surface area contributed by atoms with Gasteiger partial charge in [0.25, 0.3) is 0 Å². The van der Waals surface area contributed by atoms with E-state index < -0.39 is 35.3 Å². The largest absolute Gasteiger partial charge is 0.416 e. The molecule has 0 aliphatic heterocycles. The molecule has 2 rings (SSSR count). The fourth-order valence-corrected chi connectivity index (χ4v) is 3.04. The van der Waals surface area contributed by atoms with Crippen molar-refractivity contribution in [1.82, 2.24) is 0 Å². The molecule has 2 atom stereocenters. The van der Waals surface area contributed by atoms with Crippen molar-refractivity contribution in [2.24, 2.45) is 11.8 Å². The SMILES string of the molecule is C=CC(Cc1ccc(C(F)(F)F)cc1)C(=O)C(C=C)Cc1ccc(C(F)(F)F)cc1. The number of carbonyl (C=O) groups is 1. The molecular weight excluding hydrogens is 406 g/mol. The van der Waals surface area contributed by atoms with Crippen LogP contribution in [-0.4, -0.2) is 5.78 Å². The van der Waals surface area contributed by atoms with E-state index in [1.165, 1.54) is 36.4 Å². The number of carbonyl (C=O) groups excluding carboxylic acids is 1. The van der Waals surface area contributed by atoms with E-state index in [4.69, 9.17) is 0 Å². The number of ketones is 1. The minimum Gasteiger partial charge on any atom is -0.298 e. The second-order valence-corrected chi connectivity index (χ2v) is 6.88. The first-order valence-electron chi connectivity index (χ1n) is 9.06. The molecule has 0 amide bonds. The zero-order chi connectivity index (χ0) is 22.5. The monoisotopic (exact) mass is 426 g/mol. The molecule has 2 aromatic rings. The van der Waals surface area contributed by atoms with Gasteiger partial charge in [-0.1, -0.05) is 36.4 Å². The summed E-state index contributed by atoms with van der Waals surface area (Å²) >= 11 is 0. The number of Topliss-reactive ketones (excluding diaryl/α,β-unsaturated/α-hetero) is 1. The third kappa shape index (κ3) is 6.08. The summed E-state index contributed by atoms with van der Waals surface area (Å²) in [6.45, 7) is 7.27. The van der Waals surface area contributed by atoms with Gasteiger partial charge in [0.1, 0.15) is 5.78 Å². The van der Waals surface area contributed by atoms with Gasteiger partial charge in [0.15, 0.2) is 0 Å². The Morgan fingerprint density at radius 1 is 0.700 bits per heavy atom. The molecule has 0 N–H and O–H groups in total. The lowest BCUT2D eigenvalue weighted by Gasteiger charge is -2.18. The molecule has 0 saturated carbocycles. The van der Waals surface area contributed by atoms with Crippen molar-refractivity contribution in [3.8, 4) is 0 Å². The molecule has 0 spiro atoms. The van der Waals surface area contributed by atoms with E-state index in [0.717, 1.165) is 24.3 Å². The molecule has 30 heavy (non-hydrogen) atoms. The van der Waals surface area contributed by atoms with Crippen LogP contribution in [-0.2, 0) is 30.0 Å². The van der Waals surface area contributed by atoms with Crippen molar-refractivity contribution >= 4 is 5.78 Å². The molecule has 7 heteroatoms. The molecule has 2 unspecified atom stereocenters. The minimum absolute atomic E-state index is 0.165. The third-order valence-electron chi connectivity index (χ3n) is 4.77. The van der Waals surface area contributed by atoms with Crippen LogP contribution in [0.5, 0.6) is 0 Å². The van der Waals surface area contributed by atoms with E-state index >= 15 is 0 Å². The molecule has 0 saturated heterocycles. The van der Waals surface area contributed by atoms with E-state index in [1.807, 2.05) is 0 Å². The summed E-state index contributed by atoms with van der Waals surface area (Å²) in [6.07, 6.45) is -5.72. The highest BCUT2D eigenvalue weighted by Gasteiger charge is 2.31. The number of benzene rings is 2. The lowest BCUT2D eigenvalue weighted by Crippen LogP contribution is -2.24. The maximum Gasteiger partial charge on any atom is 0.416 e. The van der Waals surface area contributed by atoms with E-state index in [2.05, 4.69) is 13.2 Å². The van der Waals surface area contributed by atoms with E-state index in [9.17, 15) is 31.1 Å². The van der Waals surface area contributed by atoms with E-state index in [-0.39, 0.29) is 18.6 Å². The first kappa shape index (κ1) is 23.4. The lowest BCUT2D eigenvalue weighted by molar-refractivity contribution is -0.138. The molecule has 0 heterocycles. The molecular formula is C23H20F6O. The van der Waals surface area contributed by atoms with Crippen LogP contribution in [0.15, 0.2) is 73.8 Å². The highest BCUT2D eigenvalue weighted by atomic mass is 19.4. The standard InChI is InChI=1S/C23H20F6O/c1-3-17(13-15-5-9-19(10-6-15)22(24,25)26)21(30)18(4-2)14-16-7-11-20(12-8-16)23(27,28)29/h3-12,17-18H,1-2,13-14H2. The van der Waals surface area contributed by atoms with Gasteiger partial charge in [-0.2, -0.15) is 26.3 Å². The van der Waals surface area contributed by atoms with Gasteiger partial charge in [-0.25, -0.2) is 0 Å². The van der Waals surface area contributed by atoms with Crippen LogP contribution >= 0.6 is 0 Å². The van der Waals surface area contributed by atoms with Crippen molar-refractivity contribution < 1.29 is 31.1 Å². The quantitative estimate of drug-likeness (QED) is 0.340. The van der Waals surface area contributed by atoms with Gasteiger partial charge >= 0.3 is 12.4 Å². The van der Waals surface area contributed by atoms with Crippen LogP contribution in [0.4, 0.5) is 26.3 Å². The molecule has 0 radical (unpaired) electrons. The normalized spacial score (nSPS) is 14.1. The number of hydrogen-bond acceptors (Lipinski definition) is 1. The smallest absolute Gasteiger partial charge is 0.298 e.